The van der Waals surface area contributed by atoms with Crippen molar-refractivity contribution >= 4 is 17.6 Å². The lowest BCUT2D eigenvalue weighted by molar-refractivity contribution is 0.394. The zero-order valence-electron chi connectivity index (χ0n) is 4.13. The summed E-state index contributed by atoms with van der Waals surface area (Å²) in [6.07, 6.45) is 0. The van der Waals surface area contributed by atoms with E-state index in [1.54, 1.807) is 12.6 Å². The second-order valence-corrected chi connectivity index (χ2v) is 1.38. The summed E-state index contributed by atoms with van der Waals surface area (Å²) in [5.74, 6) is 0. The first-order valence-corrected chi connectivity index (χ1v) is 2.61. The zero-order chi connectivity index (χ0) is 5.54. The third-order valence-corrected chi connectivity index (χ3v) is 0.854. The average molecular weight is 120 g/mol. The van der Waals surface area contributed by atoms with Gasteiger partial charge in [-0.3, -0.25) is 9.18 Å². The van der Waals surface area contributed by atoms with Gasteiger partial charge < -0.3 is 5.73 Å². The molecule has 0 aromatic carbocycles. The largest absolute Gasteiger partial charge is 0.308 e. The Morgan fingerprint density at radius 1 is 2.00 bits per heavy atom. The normalized spacial score (nSPS) is 10.6. The van der Waals surface area contributed by atoms with Gasteiger partial charge in [-0.1, -0.05) is 0 Å². The molecule has 3 nitrogen and oxygen atoms in total. The summed E-state index contributed by atoms with van der Waals surface area (Å²) in [7, 11) is 1.67. The van der Waals surface area contributed by atoms with Crippen LogP contribution in [0.3, 0.4) is 0 Å². The van der Waals surface area contributed by atoms with Crippen LogP contribution in [0.5, 0.6) is 0 Å². The number of rotatable bonds is 3. The molecule has 4 heteroatoms. The maximum absolute atomic E-state index is 4.96. The van der Waals surface area contributed by atoms with Crippen LogP contribution in [0.1, 0.15) is 0 Å². The highest BCUT2D eigenvalue weighted by Gasteiger charge is 1.72. The van der Waals surface area contributed by atoms with Gasteiger partial charge in [0.15, 0.2) is 0 Å². The summed E-state index contributed by atoms with van der Waals surface area (Å²) < 4.78 is 4.62. The highest BCUT2D eigenvalue weighted by Crippen LogP contribution is 1.91. The van der Waals surface area contributed by atoms with Gasteiger partial charge in [0.2, 0.25) is 0 Å². The van der Waals surface area contributed by atoms with E-state index in [0.29, 0.717) is 0 Å². The summed E-state index contributed by atoms with van der Waals surface area (Å²) in [4.78, 5) is 3.63. The van der Waals surface area contributed by atoms with Gasteiger partial charge in [0.25, 0.3) is 0 Å². The number of nitrogens with zero attached hydrogens (tertiary/aromatic N) is 1. The highest BCUT2D eigenvalue weighted by atomic mass is 32.2. The number of nitrogens with two attached hydrogens (primary N) is 1. The van der Waals surface area contributed by atoms with Crippen LogP contribution in [0, 0.1) is 0 Å². The fourth-order valence-electron chi connectivity index (χ4n) is 0.113. The predicted octanol–water partition coefficient (Wildman–Crippen LogP) is 0.226. The third-order valence-electron chi connectivity index (χ3n) is 0.285. The van der Waals surface area contributed by atoms with Gasteiger partial charge in [-0.15, -0.1) is 0 Å². The maximum atomic E-state index is 4.96. The smallest absolute Gasteiger partial charge is 0.109 e. The van der Waals surface area contributed by atoms with Crippen molar-refractivity contribution in [3.8, 4) is 0 Å². The molecule has 7 heavy (non-hydrogen) atoms. The van der Waals surface area contributed by atoms with Gasteiger partial charge in [0.1, 0.15) is 6.73 Å². The fraction of sp³-hybridized carbons (Fsp3) is 0.667. The third kappa shape index (κ3) is 5.94. The molecule has 0 aromatic heterocycles. The molecule has 0 atom stereocenters. The minimum atomic E-state index is 0.233. The molecule has 0 heterocycles. The second-order valence-electron chi connectivity index (χ2n) is 0.744. The topological polar surface area (TPSA) is 47.6 Å². The lowest BCUT2D eigenvalue weighted by Gasteiger charge is -1.86. The van der Waals surface area contributed by atoms with Gasteiger partial charge in [-0.2, -0.15) is 0 Å². The molecule has 0 spiro atoms. The molecule has 2 N–H and O–H groups in total. The molecular weight excluding hydrogens is 112 g/mol. The van der Waals surface area contributed by atoms with Crippen LogP contribution in [0.15, 0.2) is 4.99 Å². The zero-order valence-corrected chi connectivity index (χ0v) is 4.94. The molecule has 0 radical (unpaired) electrons. The number of aliphatic imine (C=N–C) groups is 1. The van der Waals surface area contributed by atoms with E-state index in [4.69, 9.17) is 5.73 Å². The molecule has 0 saturated heterocycles. The molecule has 0 unspecified atom stereocenters. The highest BCUT2D eigenvalue weighted by molar-refractivity contribution is 8.07. The molecule has 0 aromatic rings. The summed E-state index contributed by atoms with van der Waals surface area (Å²) in [5, 5.41) is 0. The van der Waals surface area contributed by atoms with Crippen molar-refractivity contribution < 1.29 is 4.18 Å². The Labute approximate surface area is 47.2 Å². The molecule has 0 aliphatic carbocycles. The molecule has 0 bridgehead atoms. The summed E-state index contributed by atoms with van der Waals surface area (Å²) in [6, 6.07) is 0. The molecule has 0 saturated carbocycles. The van der Waals surface area contributed by atoms with Crippen LogP contribution in [0.2, 0.25) is 0 Å². The van der Waals surface area contributed by atoms with Crippen LogP contribution in [-0.4, -0.2) is 19.3 Å². The van der Waals surface area contributed by atoms with Crippen molar-refractivity contribution in [1.82, 2.24) is 0 Å². The predicted molar refractivity (Wildman–Crippen MR) is 32.1 cm³/mol. The van der Waals surface area contributed by atoms with Crippen LogP contribution >= 0.6 is 12.0 Å². The quantitative estimate of drug-likeness (QED) is 0.191. The van der Waals surface area contributed by atoms with E-state index in [-0.39, 0.29) is 6.73 Å². The average Bonchev–Trinajstić information content (AvgIpc) is 1.69. The van der Waals surface area contributed by atoms with E-state index in [0.717, 1.165) is 12.0 Å². The molecule has 42 valence electrons. The first-order chi connectivity index (χ1) is 3.41. The second kappa shape index (κ2) is 5.94. The van der Waals surface area contributed by atoms with Crippen molar-refractivity contribution in [2.24, 2.45) is 10.7 Å². The summed E-state index contributed by atoms with van der Waals surface area (Å²) >= 11 is 1.14. The van der Waals surface area contributed by atoms with Crippen molar-refractivity contribution in [2.45, 2.75) is 0 Å². The van der Waals surface area contributed by atoms with E-state index in [1.165, 1.54) is 0 Å². The molecule has 0 amide bonds. The van der Waals surface area contributed by atoms with Gasteiger partial charge in [-0.25, -0.2) is 0 Å². The van der Waals surface area contributed by atoms with E-state index >= 15 is 0 Å². The molecule has 0 fully saturated rings. The first-order valence-electron chi connectivity index (χ1n) is 1.80. The van der Waals surface area contributed by atoms with Crippen LogP contribution in [-0.2, 0) is 4.18 Å². The SMILES string of the molecule is CN=CSOCN. The Bertz CT molecular complexity index is 56.9. The maximum Gasteiger partial charge on any atom is 0.109 e. The first kappa shape index (κ1) is 6.94. The van der Waals surface area contributed by atoms with Crippen molar-refractivity contribution in [3.05, 3.63) is 0 Å². The van der Waals surface area contributed by atoms with E-state index in [2.05, 4.69) is 9.18 Å². The summed E-state index contributed by atoms with van der Waals surface area (Å²) in [5.41, 5.74) is 6.54. The van der Waals surface area contributed by atoms with Crippen molar-refractivity contribution in [3.63, 3.8) is 0 Å². The number of hydrogen-bond acceptors (Lipinski definition) is 4. The summed E-state index contributed by atoms with van der Waals surface area (Å²) in [6.45, 7) is 0.233. The standard InChI is InChI=1S/C3H8N2OS/c1-5-3-7-6-2-4/h3H,2,4H2,1H3. The Kier molecular flexibility index (Phi) is 5.89. The lowest BCUT2D eigenvalue weighted by Crippen LogP contribution is -1.97. The van der Waals surface area contributed by atoms with E-state index < -0.39 is 0 Å². The molecule has 0 aliphatic rings. The molecular formula is C3H8N2OS. The van der Waals surface area contributed by atoms with Gasteiger partial charge in [-0.05, 0) is 0 Å². The van der Waals surface area contributed by atoms with E-state index in [9.17, 15) is 0 Å². The molecule has 0 aliphatic heterocycles. The Hall–Kier alpha value is -0.0600. The lowest BCUT2D eigenvalue weighted by atomic mass is 11.4. The van der Waals surface area contributed by atoms with Crippen LogP contribution in [0.4, 0.5) is 0 Å². The van der Waals surface area contributed by atoms with Gasteiger partial charge in [0.05, 0.1) is 5.55 Å². The van der Waals surface area contributed by atoms with Gasteiger partial charge >= 0.3 is 0 Å². The fourth-order valence-corrected chi connectivity index (χ4v) is 0.338. The monoisotopic (exact) mass is 120 g/mol. The molecule has 0 rings (SSSR count). The Morgan fingerprint density at radius 2 is 2.71 bits per heavy atom. The van der Waals surface area contributed by atoms with Crippen molar-refractivity contribution in [1.29, 1.82) is 0 Å². The Morgan fingerprint density at radius 3 is 3.14 bits per heavy atom. The van der Waals surface area contributed by atoms with Crippen molar-refractivity contribution in [2.75, 3.05) is 13.8 Å². The number of hydrogen-bond donors (Lipinski definition) is 1. The van der Waals surface area contributed by atoms with Crippen LogP contribution < -0.4 is 5.73 Å². The minimum Gasteiger partial charge on any atom is -0.308 e. The van der Waals surface area contributed by atoms with Crippen LogP contribution in [0.25, 0.3) is 0 Å². The minimum absolute atomic E-state index is 0.233. The van der Waals surface area contributed by atoms with E-state index in [1.807, 2.05) is 0 Å². The van der Waals surface area contributed by atoms with Gasteiger partial charge in [0, 0.05) is 19.1 Å². The Balaban J connectivity index is 2.69.